The Morgan fingerprint density at radius 3 is 2.43 bits per heavy atom. The van der Waals surface area contributed by atoms with Gasteiger partial charge in [-0.1, -0.05) is 17.3 Å². The zero-order chi connectivity index (χ0) is 25.5. The van der Waals surface area contributed by atoms with E-state index in [1.807, 2.05) is 13.1 Å². The highest BCUT2D eigenvalue weighted by atomic mass is 32.2. The zero-order valence-electron chi connectivity index (χ0n) is 20.5. The maximum Gasteiger partial charge on any atom is 0.278 e. The summed E-state index contributed by atoms with van der Waals surface area (Å²) in [7, 11) is 4.69. The monoisotopic (exact) mass is 499 g/mol. The van der Waals surface area contributed by atoms with Gasteiger partial charge < -0.3 is 20.0 Å². The molecule has 1 N–H and O–H groups in total. The Morgan fingerprint density at radius 2 is 1.80 bits per heavy atom. The summed E-state index contributed by atoms with van der Waals surface area (Å²) in [6.07, 6.45) is 0.780. The van der Waals surface area contributed by atoms with Gasteiger partial charge in [0, 0.05) is 46.8 Å². The first-order chi connectivity index (χ1) is 16.5. The number of benzene rings is 2. The first-order valence-electron chi connectivity index (χ1n) is 11.1. The van der Waals surface area contributed by atoms with E-state index >= 15 is 0 Å². The number of fused-ring (bicyclic) bond motifs is 3. The van der Waals surface area contributed by atoms with E-state index in [2.05, 4.69) is 15.4 Å². The molecule has 35 heavy (non-hydrogen) atoms. The van der Waals surface area contributed by atoms with E-state index in [4.69, 9.17) is 4.84 Å². The number of nitrogens with zero attached hydrogens (tertiary/aromatic N) is 4. The summed E-state index contributed by atoms with van der Waals surface area (Å²) in [6, 6.07) is 8.64. The van der Waals surface area contributed by atoms with Gasteiger partial charge in [0.05, 0.1) is 10.6 Å². The average Bonchev–Trinajstić information content (AvgIpc) is 3.13. The minimum Gasteiger partial charge on any atom is -0.385 e. The van der Waals surface area contributed by atoms with E-state index < -0.39 is 15.9 Å². The SMILES string of the molecule is CN1CCc2c(-c3ccc(S(=O)(=O)N(C)C)cc3)cc3c(c2C1)NC(=O)C3=NOCC(=O)N(C)C. The number of nitrogens with one attached hydrogen (secondary N) is 1. The lowest BCUT2D eigenvalue weighted by Gasteiger charge is -2.29. The van der Waals surface area contributed by atoms with Crippen LogP contribution in [0.5, 0.6) is 0 Å². The molecule has 0 fully saturated rings. The molecule has 2 amide bonds. The summed E-state index contributed by atoms with van der Waals surface area (Å²) in [5.74, 6) is -0.661. The highest BCUT2D eigenvalue weighted by Crippen LogP contribution is 2.40. The second kappa shape index (κ2) is 9.40. The molecule has 0 bridgehead atoms. The van der Waals surface area contributed by atoms with Crippen molar-refractivity contribution in [3.8, 4) is 11.1 Å². The summed E-state index contributed by atoms with van der Waals surface area (Å²) >= 11 is 0. The van der Waals surface area contributed by atoms with E-state index in [1.165, 1.54) is 23.3 Å². The van der Waals surface area contributed by atoms with Gasteiger partial charge in [-0.2, -0.15) is 0 Å². The quantitative estimate of drug-likeness (QED) is 0.601. The zero-order valence-corrected chi connectivity index (χ0v) is 21.3. The molecule has 0 aliphatic carbocycles. The molecule has 0 saturated heterocycles. The minimum absolute atomic E-state index is 0.107. The van der Waals surface area contributed by atoms with Crippen LogP contribution in [0.25, 0.3) is 11.1 Å². The van der Waals surface area contributed by atoms with Gasteiger partial charge in [0.25, 0.3) is 11.8 Å². The third kappa shape index (κ3) is 4.66. The van der Waals surface area contributed by atoms with Crippen LogP contribution in [0.1, 0.15) is 16.7 Å². The third-order valence-electron chi connectivity index (χ3n) is 6.22. The van der Waals surface area contributed by atoms with Crippen LogP contribution in [0.3, 0.4) is 0 Å². The molecule has 4 rings (SSSR count). The van der Waals surface area contributed by atoms with Crippen LogP contribution in [0.2, 0.25) is 0 Å². The van der Waals surface area contributed by atoms with Crippen LogP contribution in [0.15, 0.2) is 40.4 Å². The summed E-state index contributed by atoms with van der Waals surface area (Å²) in [5.41, 5.74) is 5.27. The molecule has 0 unspecified atom stereocenters. The number of amides is 2. The second-order valence-electron chi connectivity index (χ2n) is 9.06. The molecule has 186 valence electrons. The highest BCUT2D eigenvalue weighted by Gasteiger charge is 2.34. The van der Waals surface area contributed by atoms with Crippen molar-refractivity contribution in [2.75, 3.05) is 53.7 Å². The van der Waals surface area contributed by atoms with E-state index in [9.17, 15) is 18.0 Å². The van der Waals surface area contributed by atoms with Gasteiger partial charge in [-0.25, -0.2) is 12.7 Å². The Labute approximate surface area is 205 Å². The molecular weight excluding hydrogens is 470 g/mol. The Bertz CT molecular complexity index is 1320. The molecule has 0 saturated carbocycles. The number of carbonyl (C=O) groups is 2. The maximum atomic E-state index is 12.8. The molecule has 2 heterocycles. The molecule has 2 aliphatic rings. The number of anilines is 1. The van der Waals surface area contributed by atoms with Gasteiger partial charge in [-0.15, -0.1) is 0 Å². The number of oxime groups is 1. The van der Waals surface area contributed by atoms with Gasteiger partial charge in [0.15, 0.2) is 12.3 Å². The minimum atomic E-state index is -3.54. The summed E-state index contributed by atoms with van der Waals surface area (Å²) in [5, 5.41) is 6.92. The van der Waals surface area contributed by atoms with E-state index in [-0.39, 0.29) is 23.1 Å². The lowest BCUT2D eigenvalue weighted by molar-refractivity contribution is -0.133. The molecule has 0 spiro atoms. The Hall–Kier alpha value is -3.28. The van der Waals surface area contributed by atoms with Crippen molar-refractivity contribution < 1.29 is 22.8 Å². The van der Waals surface area contributed by atoms with Crippen molar-refractivity contribution in [1.29, 1.82) is 0 Å². The summed E-state index contributed by atoms with van der Waals surface area (Å²) in [6.45, 7) is 1.23. The van der Waals surface area contributed by atoms with Crippen LogP contribution in [-0.4, -0.2) is 88.4 Å². The number of hydrogen-bond acceptors (Lipinski definition) is 7. The van der Waals surface area contributed by atoms with Crippen molar-refractivity contribution in [2.45, 2.75) is 17.9 Å². The Kier molecular flexibility index (Phi) is 6.67. The molecule has 11 heteroatoms. The van der Waals surface area contributed by atoms with Crippen LogP contribution in [-0.2, 0) is 37.4 Å². The van der Waals surface area contributed by atoms with Gasteiger partial charge in [-0.3, -0.25) is 9.59 Å². The summed E-state index contributed by atoms with van der Waals surface area (Å²) < 4.78 is 26.2. The molecule has 2 aromatic carbocycles. The molecule has 10 nitrogen and oxygen atoms in total. The predicted octanol–water partition coefficient (Wildman–Crippen LogP) is 1.35. The van der Waals surface area contributed by atoms with Crippen molar-refractivity contribution in [2.24, 2.45) is 5.16 Å². The number of carbonyl (C=O) groups excluding carboxylic acids is 2. The smallest absolute Gasteiger partial charge is 0.278 e. The number of rotatable bonds is 6. The van der Waals surface area contributed by atoms with Crippen LogP contribution in [0, 0.1) is 0 Å². The molecule has 0 atom stereocenters. The van der Waals surface area contributed by atoms with Crippen molar-refractivity contribution in [3.63, 3.8) is 0 Å². The fourth-order valence-electron chi connectivity index (χ4n) is 4.16. The molecule has 2 aromatic rings. The predicted molar refractivity (Wildman–Crippen MR) is 133 cm³/mol. The van der Waals surface area contributed by atoms with Crippen LogP contribution in [0.4, 0.5) is 5.69 Å². The third-order valence-corrected chi connectivity index (χ3v) is 8.05. The van der Waals surface area contributed by atoms with Gasteiger partial charge in [0.1, 0.15) is 0 Å². The van der Waals surface area contributed by atoms with Gasteiger partial charge in [-0.05, 0) is 53.9 Å². The number of hydrogen-bond donors (Lipinski definition) is 1. The fraction of sp³-hybridized carbons (Fsp3) is 0.375. The summed E-state index contributed by atoms with van der Waals surface area (Å²) in [4.78, 5) is 33.6. The molecule has 2 aliphatic heterocycles. The average molecular weight is 500 g/mol. The highest BCUT2D eigenvalue weighted by molar-refractivity contribution is 7.89. The molecular formula is C24H29N5O5S. The number of likely N-dealkylation sites (N-methyl/N-ethyl adjacent to an activating group) is 2. The van der Waals surface area contributed by atoms with E-state index in [1.54, 1.807) is 38.4 Å². The van der Waals surface area contributed by atoms with Crippen LogP contribution < -0.4 is 5.32 Å². The fourth-order valence-corrected chi connectivity index (χ4v) is 5.06. The molecule has 0 radical (unpaired) electrons. The normalized spacial score (nSPS) is 16.7. The first kappa shape index (κ1) is 24.8. The van der Waals surface area contributed by atoms with E-state index in [0.717, 1.165) is 35.2 Å². The number of sulfonamides is 1. The second-order valence-corrected chi connectivity index (χ2v) is 11.2. The largest absolute Gasteiger partial charge is 0.385 e. The van der Waals surface area contributed by atoms with Gasteiger partial charge in [0.2, 0.25) is 10.0 Å². The van der Waals surface area contributed by atoms with Gasteiger partial charge >= 0.3 is 0 Å². The van der Waals surface area contributed by atoms with Crippen molar-refractivity contribution in [1.82, 2.24) is 14.1 Å². The topological polar surface area (TPSA) is 112 Å². The Balaban J connectivity index is 1.79. The Morgan fingerprint density at radius 1 is 1.11 bits per heavy atom. The first-order valence-corrected chi connectivity index (χ1v) is 12.6. The van der Waals surface area contributed by atoms with E-state index in [0.29, 0.717) is 17.8 Å². The standard InChI is InChI=1S/C24H29N5O5S/c1-27(2)21(30)14-34-26-23-19-12-18(15-6-8-16(9-7-15)35(32,33)28(3)4)17-10-11-29(5)13-20(17)22(19)25-24(23)31/h6-9,12H,10-11,13-14H2,1-5H3,(H,25,26,31). The maximum absolute atomic E-state index is 12.8. The van der Waals surface area contributed by atoms with Crippen molar-refractivity contribution in [3.05, 3.63) is 47.0 Å². The van der Waals surface area contributed by atoms with Crippen molar-refractivity contribution >= 4 is 33.2 Å². The lowest BCUT2D eigenvalue weighted by atomic mass is 9.87. The molecule has 0 aromatic heterocycles. The lowest BCUT2D eigenvalue weighted by Crippen LogP contribution is -2.27. The van der Waals surface area contributed by atoms with Crippen LogP contribution >= 0.6 is 0 Å².